The fourth-order valence-corrected chi connectivity index (χ4v) is 3.30. The number of nitrogens with one attached hydrogen (secondary N) is 2. The summed E-state index contributed by atoms with van der Waals surface area (Å²) in [5.41, 5.74) is 9.57. The van der Waals surface area contributed by atoms with Crippen LogP contribution in [0.5, 0.6) is 0 Å². The number of aryl methyl sites for hydroxylation is 6. The van der Waals surface area contributed by atoms with Gasteiger partial charge in [-0.05, 0) is 80.6 Å². The number of imidazole rings is 2. The lowest BCUT2D eigenvalue weighted by atomic mass is 10.1. The quantitative estimate of drug-likeness (QED) is 0.561. The van der Waals surface area contributed by atoms with Crippen LogP contribution in [0.4, 0.5) is 0 Å². The molecular weight excluding hydrogens is 308 g/mol. The normalized spacial score (nSPS) is 11.7. The van der Waals surface area contributed by atoms with Gasteiger partial charge >= 0.3 is 0 Å². The Morgan fingerprint density at radius 1 is 0.640 bits per heavy atom. The molecule has 0 amide bonds. The topological polar surface area (TPSA) is 57.4 Å². The number of hydrogen-bond acceptors (Lipinski definition) is 2. The Morgan fingerprint density at radius 3 is 1.48 bits per heavy atom. The van der Waals surface area contributed by atoms with E-state index in [0.717, 1.165) is 53.0 Å². The minimum atomic E-state index is 0.932. The van der Waals surface area contributed by atoms with Crippen molar-refractivity contribution in [1.82, 2.24) is 19.9 Å². The second-order valence-corrected chi connectivity index (χ2v) is 7.13. The minimum absolute atomic E-state index is 0.932. The van der Waals surface area contributed by atoms with E-state index in [1.807, 2.05) is 0 Å². The first-order valence-corrected chi connectivity index (χ1v) is 8.91. The van der Waals surface area contributed by atoms with E-state index in [1.165, 1.54) is 22.3 Å². The SMILES string of the molecule is Cc1cc2nc(CCCc3nc4cc(C)c(C)cc4[nH]3)[nH]c2cc1C. The third-order valence-electron chi connectivity index (χ3n) is 5.12. The number of aromatic amines is 2. The van der Waals surface area contributed by atoms with Gasteiger partial charge in [0.1, 0.15) is 11.6 Å². The Bertz CT molecular complexity index is 905. The standard InChI is InChI=1S/C21H24N4/c1-12-8-16-17(9-13(12)2)23-20(22-16)6-5-7-21-24-18-10-14(3)15(4)11-19(18)25-21/h8-11H,5-7H2,1-4H3,(H,22,23)(H,24,25). The summed E-state index contributed by atoms with van der Waals surface area (Å²) in [5.74, 6) is 2.12. The smallest absolute Gasteiger partial charge is 0.107 e. The Kier molecular flexibility index (Phi) is 3.83. The third-order valence-corrected chi connectivity index (χ3v) is 5.12. The van der Waals surface area contributed by atoms with E-state index in [4.69, 9.17) is 9.97 Å². The molecule has 128 valence electrons. The van der Waals surface area contributed by atoms with Crippen molar-refractivity contribution in [2.75, 3.05) is 0 Å². The Labute approximate surface area is 147 Å². The average Bonchev–Trinajstić information content (AvgIpc) is 3.11. The molecule has 0 unspecified atom stereocenters. The molecule has 2 aromatic heterocycles. The minimum Gasteiger partial charge on any atom is -0.342 e. The highest BCUT2D eigenvalue weighted by molar-refractivity contribution is 5.77. The second kappa shape index (κ2) is 6.03. The lowest BCUT2D eigenvalue weighted by molar-refractivity contribution is 0.759. The molecule has 2 heterocycles. The molecule has 0 bridgehead atoms. The maximum absolute atomic E-state index is 4.73. The van der Waals surface area contributed by atoms with Gasteiger partial charge in [-0.2, -0.15) is 0 Å². The molecule has 0 saturated heterocycles. The fourth-order valence-electron chi connectivity index (χ4n) is 3.30. The Hall–Kier alpha value is -2.62. The van der Waals surface area contributed by atoms with Crippen LogP contribution in [0.2, 0.25) is 0 Å². The first-order valence-electron chi connectivity index (χ1n) is 8.91. The van der Waals surface area contributed by atoms with Gasteiger partial charge in [0.15, 0.2) is 0 Å². The zero-order valence-electron chi connectivity index (χ0n) is 15.3. The largest absolute Gasteiger partial charge is 0.342 e. The molecule has 0 saturated carbocycles. The van der Waals surface area contributed by atoms with Crippen LogP contribution in [0.15, 0.2) is 24.3 Å². The highest BCUT2D eigenvalue weighted by Gasteiger charge is 2.07. The summed E-state index contributed by atoms with van der Waals surface area (Å²) in [6.07, 6.45) is 2.89. The molecule has 0 atom stereocenters. The zero-order chi connectivity index (χ0) is 17.6. The number of rotatable bonds is 4. The number of H-pyrrole nitrogens is 2. The van der Waals surface area contributed by atoms with Gasteiger partial charge in [-0.1, -0.05) is 0 Å². The summed E-state index contributed by atoms with van der Waals surface area (Å²) in [7, 11) is 0. The molecule has 0 aliphatic carbocycles. The lowest BCUT2D eigenvalue weighted by Gasteiger charge is -1.97. The predicted molar refractivity (Wildman–Crippen MR) is 103 cm³/mol. The van der Waals surface area contributed by atoms with Crippen molar-refractivity contribution in [3.8, 4) is 0 Å². The molecule has 4 nitrogen and oxygen atoms in total. The van der Waals surface area contributed by atoms with Gasteiger partial charge in [0.2, 0.25) is 0 Å². The number of hydrogen-bond donors (Lipinski definition) is 2. The van der Waals surface area contributed by atoms with Crippen LogP contribution in [-0.4, -0.2) is 19.9 Å². The molecular formula is C21H24N4. The zero-order valence-corrected chi connectivity index (χ0v) is 15.3. The molecule has 4 rings (SSSR count). The van der Waals surface area contributed by atoms with E-state index in [0.29, 0.717) is 0 Å². The van der Waals surface area contributed by atoms with E-state index in [9.17, 15) is 0 Å². The number of aromatic nitrogens is 4. The van der Waals surface area contributed by atoms with Crippen molar-refractivity contribution in [1.29, 1.82) is 0 Å². The van der Waals surface area contributed by atoms with Gasteiger partial charge in [0, 0.05) is 12.8 Å². The number of nitrogens with zero attached hydrogens (tertiary/aromatic N) is 2. The van der Waals surface area contributed by atoms with Crippen LogP contribution < -0.4 is 0 Å². The molecule has 25 heavy (non-hydrogen) atoms. The molecule has 2 N–H and O–H groups in total. The van der Waals surface area contributed by atoms with Gasteiger partial charge in [-0.15, -0.1) is 0 Å². The summed E-state index contributed by atoms with van der Waals surface area (Å²) in [4.78, 5) is 16.4. The van der Waals surface area contributed by atoms with E-state index >= 15 is 0 Å². The van der Waals surface area contributed by atoms with Crippen molar-refractivity contribution < 1.29 is 0 Å². The van der Waals surface area contributed by atoms with Crippen molar-refractivity contribution in [2.45, 2.75) is 47.0 Å². The van der Waals surface area contributed by atoms with E-state index in [-0.39, 0.29) is 0 Å². The molecule has 0 radical (unpaired) electrons. The summed E-state index contributed by atoms with van der Waals surface area (Å²) in [6.45, 7) is 8.54. The van der Waals surface area contributed by atoms with Gasteiger partial charge < -0.3 is 9.97 Å². The van der Waals surface area contributed by atoms with Crippen LogP contribution in [0.1, 0.15) is 40.3 Å². The van der Waals surface area contributed by atoms with E-state index in [1.54, 1.807) is 0 Å². The maximum Gasteiger partial charge on any atom is 0.107 e. The molecule has 0 aliphatic rings. The second-order valence-electron chi connectivity index (χ2n) is 7.13. The summed E-state index contributed by atoms with van der Waals surface area (Å²) >= 11 is 0. The molecule has 0 fully saturated rings. The highest BCUT2D eigenvalue weighted by Crippen LogP contribution is 2.20. The highest BCUT2D eigenvalue weighted by atomic mass is 14.9. The van der Waals surface area contributed by atoms with Gasteiger partial charge in [0.25, 0.3) is 0 Å². The average molecular weight is 332 g/mol. The van der Waals surface area contributed by atoms with Crippen molar-refractivity contribution >= 4 is 22.1 Å². The Balaban J connectivity index is 1.47. The van der Waals surface area contributed by atoms with Crippen LogP contribution >= 0.6 is 0 Å². The van der Waals surface area contributed by atoms with Crippen LogP contribution in [0.3, 0.4) is 0 Å². The van der Waals surface area contributed by atoms with E-state index in [2.05, 4.69) is 61.9 Å². The van der Waals surface area contributed by atoms with Crippen molar-refractivity contribution in [3.05, 3.63) is 58.2 Å². The summed E-state index contributed by atoms with van der Waals surface area (Å²) < 4.78 is 0. The molecule has 2 aromatic carbocycles. The Morgan fingerprint density at radius 2 is 1.04 bits per heavy atom. The summed E-state index contributed by atoms with van der Waals surface area (Å²) in [6, 6.07) is 8.69. The van der Waals surface area contributed by atoms with Gasteiger partial charge in [0.05, 0.1) is 22.1 Å². The molecule has 4 heteroatoms. The maximum atomic E-state index is 4.73. The number of fused-ring (bicyclic) bond motifs is 2. The van der Waals surface area contributed by atoms with Crippen LogP contribution in [-0.2, 0) is 12.8 Å². The van der Waals surface area contributed by atoms with Gasteiger partial charge in [-0.3, -0.25) is 0 Å². The summed E-state index contributed by atoms with van der Waals surface area (Å²) in [5, 5.41) is 0. The lowest BCUT2D eigenvalue weighted by Crippen LogP contribution is -1.93. The number of benzene rings is 2. The molecule has 0 spiro atoms. The van der Waals surface area contributed by atoms with Crippen molar-refractivity contribution in [3.63, 3.8) is 0 Å². The molecule has 0 aliphatic heterocycles. The molecule has 4 aromatic rings. The van der Waals surface area contributed by atoms with Crippen molar-refractivity contribution in [2.24, 2.45) is 0 Å². The third kappa shape index (κ3) is 3.04. The fraction of sp³-hybridized carbons (Fsp3) is 0.333. The van der Waals surface area contributed by atoms with Gasteiger partial charge in [-0.25, -0.2) is 9.97 Å². The van der Waals surface area contributed by atoms with E-state index < -0.39 is 0 Å². The first-order chi connectivity index (χ1) is 12.0. The predicted octanol–water partition coefficient (Wildman–Crippen LogP) is 4.85. The van der Waals surface area contributed by atoms with Crippen LogP contribution in [0.25, 0.3) is 22.1 Å². The first kappa shape index (κ1) is 15.9. The monoisotopic (exact) mass is 332 g/mol. The van der Waals surface area contributed by atoms with Crippen LogP contribution in [0, 0.1) is 27.7 Å².